The monoisotopic (exact) mass is 408 g/mol. The summed E-state index contributed by atoms with van der Waals surface area (Å²) in [4.78, 5) is 14.8. The van der Waals surface area contributed by atoms with Gasteiger partial charge in [-0.25, -0.2) is 0 Å². The quantitative estimate of drug-likeness (QED) is 0.670. The highest BCUT2D eigenvalue weighted by molar-refractivity contribution is 5.92. The topological polar surface area (TPSA) is 50.8 Å². The van der Waals surface area contributed by atoms with E-state index in [1.165, 1.54) is 5.56 Å². The van der Waals surface area contributed by atoms with E-state index in [0.717, 1.165) is 36.5 Å². The van der Waals surface area contributed by atoms with E-state index in [4.69, 9.17) is 9.47 Å². The van der Waals surface area contributed by atoms with Gasteiger partial charge in [0.15, 0.2) is 0 Å². The highest BCUT2D eigenvalue weighted by Gasteiger charge is 2.22. The Bertz CT molecular complexity index is 855. The van der Waals surface area contributed by atoms with E-state index < -0.39 is 0 Å². The highest BCUT2D eigenvalue weighted by atomic mass is 16.5. The lowest BCUT2D eigenvalue weighted by atomic mass is 10.1. The number of amides is 1. The van der Waals surface area contributed by atoms with Crippen LogP contribution < -0.4 is 10.1 Å². The zero-order valence-electron chi connectivity index (χ0n) is 18.1. The smallest absolute Gasteiger partial charge is 0.244 e. The molecule has 0 radical (unpaired) electrons. The predicted molar refractivity (Wildman–Crippen MR) is 120 cm³/mol. The van der Waals surface area contributed by atoms with Crippen LogP contribution in [-0.4, -0.2) is 42.7 Å². The molecule has 1 fully saturated rings. The first kappa shape index (κ1) is 22.1. The molecule has 160 valence electrons. The molecule has 1 saturated heterocycles. The van der Waals surface area contributed by atoms with E-state index in [1.807, 2.05) is 37.3 Å². The van der Waals surface area contributed by atoms with Gasteiger partial charge in [-0.2, -0.15) is 0 Å². The number of hydrogen-bond donors (Lipinski definition) is 1. The lowest BCUT2D eigenvalue weighted by molar-refractivity contribution is -0.116. The molecule has 5 heteroatoms. The number of nitrogens with zero attached hydrogens (tertiary/aromatic N) is 1. The second kappa shape index (κ2) is 11.0. The van der Waals surface area contributed by atoms with Crippen LogP contribution in [-0.2, 0) is 22.6 Å². The van der Waals surface area contributed by atoms with Gasteiger partial charge in [0.2, 0.25) is 5.91 Å². The number of morpholine rings is 1. The van der Waals surface area contributed by atoms with Gasteiger partial charge >= 0.3 is 0 Å². The first-order valence-electron chi connectivity index (χ1n) is 10.7. The normalized spacial score (nSPS) is 19.7. The van der Waals surface area contributed by atoms with Gasteiger partial charge < -0.3 is 14.8 Å². The summed E-state index contributed by atoms with van der Waals surface area (Å²) in [6, 6.07) is 16.0. The van der Waals surface area contributed by atoms with E-state index in [9.17, 15) is 4.79 Å². The molecule has 2 aromatic carbocycles. The summed E-state index contributed by atoms with van der Waals surface area (Å²) in [5.41, 5.74) is 3.27. The van der Waals surface area contributed by atoms with Gasteiger partial charge in [0.05, 0.1) is 18.8 Å². The van der Waals surface area contributed by atoms with E-state index in [-0.39, 0.29) is 18.1 Å². The van der Waals surface area contributed by atoms with Gasteiger partial charge in [-0.3, -0.25) is 9.69 Å². The molecular formula is C25H32N2O3. The number of nitrogens with one attached hydrogen (secondary N) is 1. The van der Waals surface area contributed by atoms with E-state index in [1.54, 1.807) is 12.2 Å². The molecule has 0 spiro atoms. The molecule has 1 aliphatic rings. The van der Waals surface area contributed by atoms with Crippen molar-refractivity contribution in [2.75, 3.05) is 19.7 Å². The van der Waals surface area contributed by atoms with Crippen LogP contribution in [0.15, 0.2) is 54.6 Å². The van der Waals surface area contributed by atoms with Gasteiger partial charge in [-0.1, -0.05) is 42.5 Å². The molecule has 0 saturated carbocycles. The number of carbonyl (C=O) groups is 1. The van der Waals surface area contributed by atoms with Crippen LogP contribution in [0.3, 0.4) is 0 Å². The van der Waals surface area contributed by atoms with Crippen LogP contribution in [0.25, 0.3) is 6.08 Å². The maximum atomic E-state index is 12.4. The molecule has 1 aliphatic heterocycles. The average Bonchev–Trinajstić information content (AvgIpc) is 2.72. The fourth-order valence-electron chi connectivity index (χ4n) is 3.85. The Hall–Kier alpha value is -2.63. The third-order valence-corrected chi connectivity index (χ3v) is 5.09. The summed E-state index contributed by atoms with van der Waals surface area (Å²) in [6.45, 7) is 9.98. The number of hydrogen-bond acceptors (Lipinski definition) is 4. The van der Waals surface area contributed by atoms with Crippen LogP contribution in [0.5, 0.6) is 5.75 Å². The second-order valence-electron chi connectivity index (χ2n) is 7.74. The number of rotatable bonds is 8. The van der Waals surface area contributed by atoms with Crippen molar-refractivity contribution < 1.29 is 14.3 Å². The maximum absolute atomic E-state index is 12.4. The summed E-state index contributed by atoms with van der Waals surface area (Å²) < 4.78 is 11.4. The molecule has 2 atom stereocenters. The summed E-state index contributed by atoms with van der Waals surface area (Å²) in [7, 11) is 0. The highest BCUT2D eigenvalue weighted by Crippen LogP contribution is 2.19. The number of para-hydroxylation sites is 1. The standard InChI is InChI=1S/C25H32N2O3/c1-4-29-24-12-8-7-9-21(24)13-14-25(28)26-15-22-10-5-6-11-23(22)18-27-16-19(2)30-20(3)17-27/h5-14,19-20H,4,15-18H2,1-3H3,(H,26,28)/b14-13+. The Labute approximate surface area is 179 Å². The molecule has 1 heterocycles. The van der Waals surface area contributed by atoms with Crippen molar-refractivity contribution in [1.82, 2.24) is 10.2 Å². The van der Waals surface area contributed by atoms with Crippen molar-refractivity contribution >= 4 is 12.0 Å². The zero-order chi connectivity index (χ0) is 21.3. The first-order chi connectivity index (χ1) is 14.5. The Kier molecular flexibility index (Phi) is 8.05. The predicted octanol–water partition coefficient (Wildman–Crippen LogP) is 4.02. The summed E-state index contributed by atoms with van der Waals surface area (Å²) in [6.07, 6.45) is 3.84. The largest absolute Gasteiger partial charge is 0.493 e. The molecule has 1 N–H and O–H groups in total. The number of carbonyl (C=O) groups excluding carboxylic acids is 1. The molecule has 2 unspecified atom stereocenters. The number of benzene rings is 2. The van der Waals surface area contributed by atoms with Crippen molar-refractivity contribution in [3.63, 3.8) is 0 Å². The lowest BCUT2D eigenvalue weighted by Crippen LogP contribution is -2.45. The van der Waals surface area contributed by atoms with Crippen molar-refractivity contribution in [3.8, 4) is 5.75 Å². The van der Waals surface area contributed by atoms with Crippen LogP contribution in [0, 0.1) is 0 Å². The van der Waals surface area contributed by atoms with Crippen LogP contribution in [0.4, 0.5) is 0 Å². The minimum atomic E-state index is -0.121. The van der Waals surface area contributed by atoms with E-state index >= 15 is 0 Å². The Balaban J connectivity index is 1.59. The molecule has 1 amide bonds. The van der Waals surface area contributed by atoms with Crippen molar-refractivity contribution in [1.29, 1.82) is 0 Å². The van der Waals surface area contributed by atoms with Crippen LogP contribution >= 0.6 is 0 Å². The van der Waals surface area contributed by atoms with Crippen molar-refractivity contribution in [2.45, 2.75) is 46.1 Å². The lowest BCUT2D eigenvalue weighted by Gasteiger charge is -2.35. The molecule has 3 rings (SSSR count). The molecule has 0 bridgehead atoms. The Morgan fingerprint density at radius 1 is 1.10 bits per heavy atom. The molecule has 0 aliphatic carbocycles. The van der Waals surface area contributed by atoms with E-state index in [0.29, 0.717) is 13.2 Å². The maximum Gasteiger partial charge on any atom is 0.244 e. The van der Waals surface area contributed by atoms with Gasteiger partial charge in [0.1, 0.15) is 5.75 Å². The minimum absolute atomic E-state index is 0.121. The SMILES string of the molecule is CCOc1ccccc1/C=C/C(=O)NCc1ccccc1CN1CC(C)OC(C)C1. The third-order valence-electron chi connectivity index (χ3n) is 5.09. The molecular weight excluding hydrogens is 376 g/mol. The Morgan fingerprint density at radius 2 is 1.77 bits per heavy atom. The molecule has 2 aromatic rings. The average molecular weight is 409 g/mol. The zero-order valence-corrected chi connectivity index (χ0v) is 18.1. The van der Waals surface area contributed by atoms with Gasteiger partial charge in [0, 0.05) is 37.8 Å². The van der Waals surface area contributed by atoms with Crippen LogP contribution in [0.1, 0.15) is 37.5 Å². The minimum Gasteiger partial charge on any atom is -0.493 e. The molecule has 5 nitrogen and oxygen atoms in total. The molecule has 30 heavy (non-hydrogen) atoms. The number of ether oxygens (including phenoxy) is 2. The summed E-state index contributed by atoms with van der Waals surface area (Å²) in [5, 5.41) is 3.01. The van der Waals surface area contributed by atoms with Gasteiger partial charge in [0.25, 0.3) is 0 Å². The fourth-order valence-corrected chi connectivity index (χ4v) is 3.85. The second-order valence-corrected chi connectivity index (χ2v) is 7.74. The third kappa shape index (κ3) is 6.44. The summed E-state index contributed by atoms with van der Waals surface area (Å²) in [5.74, 6) is 0.660. The molecule has 0 aromatic heterocycles. The summed E-state index contributed by atoms with van der Waals surface area (Å²) >= 11 is 0. The Morgan fingerprint density at radius 3 is 2.50 bits per heavy atom. The van der Waals surface area contributed by atoms with Crippen molar-refractivity contribution in [3.05, 3.63) is 71.3 Å². The van der Waals surface area contributed by atoms with Gasteiger partial charge in [-0.15, -0.1) is 0 Å². The van der Waals surface area contributed by atoms with Crippen molar-refractivity contribution in [2.24, 2.45) is 0 Å². The van der Waals surface area contributed by atoms with Gasteiger partial charge in [-0.05, 0) is 44.0 Å². The fraction of sp³-hybridized carbons (Fsp3) is 0.400. The van der Waals surface area contributed by atoms with Crippen LogP contribution in [0.2, 0.25) is 0 Å². The van der Waals surface area contributed by atoms with E-state index in [2.05, 4.69) is 42.3 Å². The first-order valence-corrected chi connectivity index (χ1v) is 10.7.